The van der Waals surface area contributed by atoms with Gasteiger partial charge in [0, 0.05) is 0 Å². The lowest BCUT2D eigenvalue weighted by Crippen LogP contribution is -2.05. The molecule has 0 rings (SSSR count). The van der Waals surface area contributed by atoms with Gasteiger partial charge in [-0.25, -0.2) is 0 Å². The van der Waals surface area contributed by atoms with Gasteiger partial charge >= 0.3 is 0 Å². The fourth-order valence-corrected chi connectivity index (χ4v) is 2.05. The van der Waals surface area contributed by atoms with Gasteiger partial charge in [0.2, 0.25) is 0 Å². The molecule has 12 heavy (non-hydrogen) atoms. The van der Waals surface area contributed by atoms with Crippen LogP contribution >= 0.6 is 0 Å². The molecule has 0 aromatic carbocycles. The zero-order chi connectivity index (χ0) is 9.56. The topological polar surface area (TPSA) is 0 Å². The van der Waals surface area contributed by atoms with E-state index in [0.29, 0.717) is 0 Å². The van der Waals surface area contributed by atoms with E-state index in [1.165, 1.54) is 19.3 Å². The molecular formula is C12H25. The Morgan fingerprint density at radius 2 is 1.50 bits per heavy atom. The molecule has 0 aliphatic rings. The Hall–Kier alpha value is 0. The van der Waals surface area contributed by atoms with Crippen molar-refractivity contribution in [3.8, 4) is 0 Å². The molecule has 73 valence electrons. The summed E-state index contributed by atoms with van der Waals surface area (Å²) in [4.78, 5) is 0. The fraction of sp³-hybridized carbons (Fsp3) is 0.917. The van der Waals surface area contributed by atoms with E-state index < -0.39 is 0 Å². The maximum Gasteiger partial charge on any atom is -0.0438 e. The van der Waals surface area contributed by atoms with Crippen LogP contribution in [0.1, 0.15) is 53.4 Å². The lowest BCUT2D eigenvalue weighted by atomic mass is 9.88. The van der Waals surface area contributed by atoms with Crippen LogP contribution in [-0.4, -0.2) is 0 Å². The van der Waals surface area contributed by atoms with Crippen LogP contribution in [0, 0.1) is 24.7 Å². The zero-order valence-corrected chi connectivity index (χ0v) is 9.27. The molecule has 2 atom stereocenters. The van der Waals surface area contributed by atoms with E-state index in [-0.39, 0.29) is 0 Å². The summed E-state index contributed by atoms with van der Waals surface area (Å²) in [7, 11) is 0. The molecule has 0 heterocycles. The minimum absolute atomic E-state index is 0.854. The van der Waals surface area contributed by atoms with Gasteiger partial charge in [-0.3, -0.25) is 0 Å². The van der Waals surface area contributed by atoms with E-state index in [0.717, 1.165) is 24.2 Å². The smallest absolute Gasteiger partial charge is 0.0438 e. The van der Waals surface area contributed by atoms with E-state index >= 15 is 0 Å². The van der Waals surface area contributed by atoms with Gasteiger partial charge in [0.25, 0.3) is 0 Å². The Morgan fingerprint density at radius 1 is 0.917 bits per heavy atom. The summed E-state index contributed by atoms with van der Waals surface area (Å²) >= 11 is 0. The highest BCUT2D eigenvalue weighted by molar-refractivity contribution is 4.62. The summed E-state index contributed by atoms with van der Waals surface area (Å²) in [5, 5.41) is 0. The van der Waals surface area contributed by atoms with Crippen LogP contribution < -0.4 is 0 Å². The number of rotatable bonds is 6. The molecule has 0 saturated carbocycles. The molecule has 0 spiro atoms. The summed E-state index contributed by atoms with van der Waals surface area (Å²) in [5.41, 5.74) is 0. The minimum Gasteiger partial charge on any atom is -0.0628 e. The highest BCUT2D eigenvalue weighted by Gasteiger charge is 2.09. The summed E-state index contributed by atoms with van der Waals surface area (Å²) in [6.07, 6.45) is 5.15. The molecule has 0 amide bonds. The van der Waals surface area contributed by atoms with Crippen molar-refractivity contribution >= 4 is 0 Å². The van der Waals surface area contributed by atoms with Gasteiger partial charge in [-0.05, 0) is 30.6 Å². The van der Waals surface area contributed by atoms with E-state index in [9.17, 15) is 0 Å². The third kappa shape index (κ3) is 6.69. The van der Waals surface area contributed by atoms with Crippen molar-refractivity contribution in [3.05, 3.63) is 6.92 Å². The van der Waals surface area contributed by atoms with Crippen LogP contribution in [0.3, 0.4) is 0 Å². The first-order chi connectivity index (χ1) is 5.56. The van der Waals surface area contributed by atoms with E-state index in [1.807, 2.05) is 0 Å². The van der Waals surface area contributed by atoms with Crippen molar-refractivity contribution in [2.75, 3.05) is 0 Å². The molecule has 0 fully saturated rings. The van der Waals surface area contributed by atoms with E-state index in [4.69, 9.17) is 0 Å². The van der Waals surface area contributed by atoms with Gasteiger partial charge in [-0.15, -0.1) is 0 Å². The monoisotopic (exact) mass is 169 g/mol. The van der Waals surface area contributed by atoms with Crippen molar-refractivity contribution in [1.29, 1.82) is 0 Å². The Bertz CT molecular complexity index is 94.2. The Morgan fingerprint density at radius 3 is 1.92 bits per heavy atom. The SMILES string of the molecule is [CH2]CCC(C)CC(C)CC(C)C. The van der Waals surface area contributed by atoms with Crippen molar-refractivity contribution < 1.29 is 0 Å². The Kier molecular flexibility index (Phi) is 6.51. The molecule has 0 aromatic heterocycles. The largest absolute Gasteiger partial charge is 0.0628 e. The van der Waals surface area contributed by atoms with Gasteiger partial charge in [-0.2, -0.15) is 0 Å². The summed E-state index contributed by atoms with van der Waals surface area (Å²) in [6.45, 7) is 13.2. The fourth-order valence-electron chi connectivity index (χ4n) is 2.05. The Labute approximate surface area is 78.8 Å². The first-order valence-electron chi connectivity index (χ1n) is 5.35. The molecule has 1 radical (unpaired) electrons. The molecule has 0 aliphatic heterocycles. The predicted octanol–water partition coefficient (Wildman–Crippen LogP) is 4.31. The summed E-state index contributed by atoms with van der Waals surface area (Å²) in [6, 6.07) is 0. The van der Waals surface area contributed by atoms with Gasteiger partial charge in [0.1, 0.15) is 0 Å². The van der Waals surface area contributed by atoms with Crippen molar-refractivity contribution in [1.82, 2.24) is 0 Å². The first kappa shape index (κ1) is 12.0. The van der Waals surface area contributed by atoms with E-state index in [1.54, 1.807) is 0 Å². The quantitative estimate of drug-likeness (QED) is 0.556. The van der Waals surface area contributed by atoms with E-state index in [2.05, 4.69) is 34.6 Å². The third-order valence-electron chi connectivity index (χ3n) is 2.38. The summed E-state index contributed by atoms with van der Waals surface area (Å²) in [5.74, 6) is 2.62. The standard InChI is InChI=1S/C12H25/c1-6-7-11(4)9-12(5)8-10(2)3/h10-12H,1,6-9H2,2-5H3. The van der Waals surface area contributed by atoms with Crippen LogP contribution in [0.5, 0.6) is 0 Å². The Balaban J connectivity index is 3.46. The molecule has 0 nitrogen and oxygen atoms in total. The normalized spacial score (nSPS) is 16.5. The number of hydrogen-bond donors (Lipinski definition) is 0. The molecule has 0 N–H and O–H groups in total. The molecule has 0 aliphatic carbocycles. The van der Waals surface area contributed by atoms with Gasteiger partial charge in [0.15, 0.2) is 0 Å². The maximum absolute atomic E-state index is 3.89. The average Bonchev–Trinajstić information content (AvgIpc) is 1.84. The molecule has 0 aromatic rings. The molecule has 0 heteroatoms. The zero-order valence-electron chi connectivity index (χ0n) is 9.27. The third-order valence-corrected chi connectivity index (χ3v) is 2.38. The predicted molar refractivity (Wildman–Crippen MR) is 57.0 cm³/mol. The second-order valence-corrected chi connectivity index (χ2v) is 4.72. The van der Waals surface area contributed by atoms with Crippen LogP contribution in [0.15, 0.2) is 0 Å². The van der Waals surface area contributed by atoms with Crippen LogP contribution in [0.4, 0.5) is 0 Å². The van der Waals surface area contributed by atoms with Crippen LogP contribution in [0.25, 0.3) is 0 Å². The van der Waals surface area contributed by atoms with Crippen molar-refractivity contribution in [2.45, 2.75) is 53.4 Å². The highest BCUT2D eigenvalue weighted by Crippen LogP contribution is 2.21. The lowest BCUT2D eigenvalue weighted by Gasteiger charge is -2.18. The van der Waals surface area contributed by atoms with Crippen molar-refractivity contribution in [2.24, 2.45) is 17.8 Å². The van der Waals surface area contributed by atoms with Gasteiger partial charge < -0.3 is 0 Å². The lowest BCUT2D eigenvalue weighted by molar-refractivity contribution is 0.344. The average molecular weight is 169 g/mol. The van der Waals surface area contributed by atoms with Crippen LogP contribution in [-0.2, 0) is 0 Å². The van der Waals surface area contributed by atoms with Crippen LogP contribution in [0.2, 0.25) is 0 Å². The first-order valence-corrected chi connectivity index (χ1v) is 5.35. The van der Waals surface area contributed by atoms with Gasteiger partial charge in [0.05, 0.1) is 0 Å². The highest BCUT2D eigenvalue weighted by atomic mass is 14.1. The second kappa shape index (κ2) is 6.51. The number of hydrogen-bond acceptors (Lipinski definition) is 0. The second-order valence-electron chi connectivity index (χ2n) is 4.72. The van der Waals surface area contributed by atoms with Crippen molar-refractivity contribution in [3.63, 3.8) is 0 Å². The summed E-state index contributed by atoms with van der Waals surface area (Å²) < 4.78 is 0. The molecule has 0 bridgehead atoms. The maximum atomic E-state index is 3.89. The molecule has 0 saturated heterocycles. The van der Waals surface area contributed by atoms with Gasteiger partial charge in [-0.1, -0.05) is 47.5 Å². The molecule has 2 unspecified atom stereocenters. The molecular weight excluding hydrogens is 144 g/mol. The minimum atomic E-state index is 0.854.